The fourth-order valence-corrected chi connectivity index (χ4v) is 2.67. The van der Waals surface area contributed by atoms with E-state index in [4.69, 9.17) is 11.6 Å². The molecule has 0 saturated heterocycles. The molecule has 0 aliphatic heterocycles. The van der Waals surface area contributed by atoms with Gasteiger partial charge in [-0.05, 0) is 19.1 Å². The summed E-state index contributed by atoms with van der Waals surface area (Å²) < 4.78 is 25.3. The predicted molar refractivity (Wildman–Crippen MR) is 63.9 cm³/mol. The van der Waals surface area contributed by atoms with Crippen molar-refractivity contribution in [2.24, 2.45) is 0 Å². The van der Waals surface area contributed by atoms with Gasteiger partial charge in [0, 0.05) is 19.8 Å². The Bertz CT molecular complexity index is 499. The van der Waals surface area contributed by atoms with Crippen molar-refractivity contribution in [3.05, 3.63) is 35.6 Å². The Balaban J connectivity index is 3.07. The first-order valence-electron chi connectivity index (χ1n) is 4.56. The van der Waals surface area contributed by atoms with Crippen molar-refractivity contribution < 1.29 is 8.42 Å². The summed E-state index contributed by atoms with van der Waals surface area (Å²) in [6.07, 6.45) is 1.36. The van der Waals surface area contributed by atoms with Gasteiger partial charge in [-0.3, -0.25) is 0 Å². The maximum absolute atomic E-state index is 12.0. The molecule has 0 bridgehead atoms. The van der Waals surface area contributed by atoms with Gasteiger partial charge in [-0.1, -0.05) is 23.8 Å². The van der Waals surface area contributed by atoms with Crippen LogP contribution in [0.3, 0.4) is 0 Å². The van der Waals surface area contributed by atoms with Gasteiger partial charge in [-0.15, -0.1) is 0 Å². The molecule has 0 amide bonds. The number of hydrogen-bond donors (Lipinski definition) is 0. The van der Waals surface area contributed by atoms with Gasteiger partial charge in [0.1, 0.15) is 5.15 Å². The lowest BCUT2D eigenvalue weighted by Gasteiger charge is -2.16. The number of pyridine rings is 1. The van der Waals surface area contributed by atoms with Crippen LogP contribution in [-0.2, 0) is 10.0 Å². The number of hydrogen-bond acceptors (Lipinski definition) is 3. The van der Waals surface area contributed by atoms with Gasteiger partial charge < -0.3 is 0 Å². The molecule has 0 aliphatic carbocycles. The van der Waals surface area contributed by atoms with Crippen molar-refractivity contribution in [2.45, 2.75) is 11.8 Å². The summed E-state index contributed by atoms with van der Waals surface area (Å²) in [5.74, 6) is 0. The standard InChI is InChI=1S/C10H13ClN2O2S/c1-8(2)7-13(3)16(14,15)9-4-5-12-10(11)6-9/h4-6H,1,7H2,2-3H3. The summed E-state index contributed by atoms with van der Waals surface area (Å²) in [6, 6.07) is 2.74. The second-order valence-electron chi connectivity index (χ2n) is 3.53. The van der Waals surface area contributed by atoms with E-state index >= 15 is 0 Å². The van der Waals surface area contributed by atoms with Crippen LogP contribution in [0.25, 0.3) is 0 Å². The Morgan fingerprint density at radius 3 is 2.75 bits per heavy atom. The van der Waals surface area contributed by atoms with Crippen LogP contribution in [0.5, 0.6) is 0 Å². The number of aromatic nitrogens is 1. The van der Waals surface area contributed by atoms with Crippen molar-refractivity contribution in [3.8, 4) is 0 Å². The zero-order valence-corrected chi connectivity index (χ0v) is 10.7. The Morgan fingerprint density at radius 2 is 2.25 bits per heavy atom. The van der Waals surface area contributed by atoms with Crippen molar-refractivity contribution >= 4 is 21.6 Å². The van der Waals surface area contributed by atoms with E-state index in [1.54, 1.807) is 6.92 Å². The predicted octanol–water partition coefficient (Wildman–Crippen LogP) is 1.93. The summed E-state index contributed by atoms with van der Waals surface area (Å²) in [6.45, 7) is 5.72. The van der Waals surface area contributed by atoms with Gasteiger partial charge in [0.25, 0.3) is 0 Å². The summed E-state index contributed by atoms with van der Waals surface area (Å²) in [4.78, 5) is 3.87. The zero-order chi connectivity index (χ0) is 12.3. The van der Waals surface area contributed by atoms with Crippen LogP contribution in [0.15, 0.2) is 35.4 Å². The second kappa shape index (κ2) is 4.95. The molecule has 0 atom stereocenters. The summed E-state index contributed by atoms with van der Waals surface area (Å²) in [5, 5.41) is 0.157. The molecule has 1 aromatic heterocycles. The molecule has 0 spiro atoms. The summed E-state index contributed by atoms with van der Waals surface area (Å²) >= 11 is 5.65. The Labute approximate surface area is 101 Å². The van der Waals surface area contributed by atoms with E-state index in [2.05, 4.69) is 11.6 Å². The molecule has 4 nitrogen and oxygen atoms in total. The lowest BCUT2D eigenvalue weighted by atomic mass is 10.4. The highest BCUT2D eigenvalue weighted by Gasteiger charge is 2.20. The van der Waals surface area contributed by atoms with Gasteiger partial charge in [0.15, 0.2) is 0 Å². The van der Waals surface area contributed by atoms with Crippen LogP contribution in [0.1, 0.15) is 6.92 Å². The minimum Gasteiger partial charge on any atom is -0.244 e. The van der Waals surface area contributed by atoms with Crippen LogP contribution in [0.2, 0.25) is 5.15 Å². The summed E-state index contributed by atoms with van der Waals surface area (Å²) in [7, 11) is -2.01. The summed E-state index contributed by atoms with van der Waals surface area (Å²) in [5.41, 5.74) is 0.770. The molecule has 0 aliphatic rings. The van der Waals surface area contributed by atoms with Crippen molar-refractivity contribution in [1.29, 1.82) is 0 Å². The average molecular weight is 261 g/mol. The minimum atomic E-state index is -3.51. The van der Waals surface area contributed by atoms with E-state index in [-0.39, 0.29) is 16.6 Å². The Morgan fingerprint density at radius 1 is 1.62 bits per heavy atom. The maximum Gasteiger partial charge on any atom is 0.243 e. The molecule has 6 heteroatoms. The number of halogens is 1. The molecule has 16 heavy (non-hydrogen) atoms. The molecule has 0 saturated carbocycles. The number of sulfonamides is 1. The SMILES string of the molecule is C=C(C)CN(C)S(=O)(=O)c1ccnc(Cl)c1. The van der Waals surface area contributed by atoms with Crippen molar-refractivity contribution in [2.75, 3.05) is 13.6 Å². The number of nitrogens with zero attached hydrogens (tertiary/aromatic N) is 2. The normalized spacial score (nSPS) is 11.8. The molecule has 0 aromatic carbocycles. The monoisotopic (exact) mass is 260 g/mol. The first-order chi connectivity index (χ1) is 7.34. The van der Waals surface area contributed by atoms with E-state index in [0.29, 0.717) is 0 Å². The number of rotatable bonds is 4. The topological polar surface area (TPSA) is 50.3 Å². The second-order valence-corrected chi connectivity index (χ2v) is 5.96. The number of likely N-dealkylation sites (N-methyl/N-ethyl adjacent to an activating group) is 1. The molecule has 1 aromatic rings. The molecular formula is C10H13ClN2O2S. The minimum absolute atomic E-state index is 0.135. The van der Waals surface area contributed by atoms with Crippen LogP contribution in [0.4, 0.5) is 0 Å². The van der Waals surface area contributed by atoms with Gasteiger partial charge >= 0.3 is 0 Å². The molecule has 0 N–H and O–H groups in total. The Hall–Kier alpha value is -0.910. The molecule has 0 unspecified atom stereocenters. The highest BCUT2D eigenvalue weighted by Crippen LogP contribution is 2.17. The zero-order valence-electron chi connectivity index (χ0n) is 9.14. The third-order valence-electron chi connectivity index (χ3n) is 1.90. The fraction of sp³-hybridized carbons (Fsp3) is 0.300. The quantitative estimate of drug-likeness (QED) is 0.614. The van der Waals surface area contributed by atoms with E-state index < -0.39 is 10.0 Å². The first-order valence-corrected chi connectivity index (χ1v) is 6.38. The van der Waals surface area contributed by atoms with Gasteiger partial charge in [0.2, 0.25) is 10.0 Å². The first kappa shape index (κ1) is 13.2. The molecule has 88 valence electrons. The Kier molecular flexibility index (Phi) is 4.07. The third-order valence-corrected chi connectivity index (χ3v) is 3.90. The molecular weight excluding hydrogens is 248 g/mol. The van der Waals surface area contributed by atoms with E-state index in [1.807, 2.05) is 0 Å². The van der Waals surface area contributed by atoms with E-state index in [0.717, 1.165) is 5.57 Å². The maximum atomic E-state index is 12.0. The van der Waals surface area contributed by atoms with Gasteiger partial charge in [-0.2, -0.15) is 4.31 Å². The van der Waals surface area contributed by atoms with Crippen molar-refractivity contribution in [1.82, 2.24) is 9.29 Å². The van der Waals surface area contributed by atoms with Crippen LogP contribution >= 0.6 is 11.6 Å². The lowest BCUT2D eigenvalue weighted by Crippen LogP contribution is -2.28. The van der Waals surface area contributed by atoms with E-state index in [9.17, 15) is 8.42 Å². The van der Waals surface area contributed by atoms with Gasteiger partial charge in [0.05, 0.1) is 4.90 Å². The molecule has 1 heterocycles. The van der Waals surface area contributed by atoms with Crippen molar-refractivity contribution in [3.63, 3.8) is 0 Å². The molecule has 0 fully saturated rings. The highest BCUT2D eigenvalue weighted by molar-refractivity contribution is 7.89. The average Bonchev–Trinajstić information content (AvgIpc) is 2.16. The molecule has 0 radical (unpaired) electrons. The smallest absolute Gasteiger partial charge is 0.243 e. The van der Waals surface area contributed by atoms with Crippen LogP contribution in [-0.4, -0.2) is 31.3 Å². The van der Waals surface area contributed by atoms with E-state index in [1.165, 1.54) is 29.7 Å². The molecule has 1 rings (SSSR count). The van der Waals surface area contributed by atoms with Crippen LogP contribution < -0.4 is 0 Å². The fourth-order valence-electron chi connectivity index (χ4n) is 1.19. The third kappa shape index (κ3) is 3.04. The lowest BCUT2D eigenvalue weighted by molar-refractivity contribution is 0.493. The van der Waals surface area contributed by atoms with Gasteiger partial charge in [-0.25, -0.2) is 13.4 Å². The van der Waals surface area contributed by atoms with Crippen LogP contribution in [0, 0.1) is 0 Å². The largest absolute Gasteiger partial charge is 0.244 e. The highest BCUT2D eigenvalue weighted by atomic mass is 35.5.